The van der Waals surface area contributed by atoms with Crippen LogP contribution in [0.1, 0.15) is 37.7 Å². The number of nitrogens with zero attached hydrogens (tertiary/aromatic N) is 1. The van der Waals surface area contributed by atoms with Crippen molar-refractivity contribution in [1.82, 2.24) is 4.90 Å². The first-order valence-corrected chi connectivity index (χ1v) is 8.80. The molecule has 1 heterocycles. The third-order valence-electron chi connectivity index (χ3n) is 5.33. The molecule has 1 unspecified atom stereocenters. The molecular formula is C19H27NO3. The standard InChI is InChI=1S/C19H27NO3/c21-14-16-13-20(11-12-23-15-16)18(22)19(9-5-2-6-10-19)17-7-3-1-4-8-17/h1,3-4,7-8,16,21H,2,5-6,9-15H2. The van der Waals surface area contributed by atoms with Gasteiger partial charge in [-0.15, -0.1) is 0 Å². The van der Waals surface area contributed by atoms with Crippen LogP contribution < -0.4 is 0 Å². The van der Waals surface area contributed by atoms with Crippen molar-refractivity contribution in [2.45, 2.75) is 37.5 Å². The average molecular weight is 317 g/mol. The first-order chi connectivity index (χ1) is 11.3. The van der Waals surface area contributed by atoms with Gasteiger partial charge in [-0.05, 0) is 18.4 Å². The number of aliphatic hydroxyl groups excluding tert-OH is 1. The van der Waals surface area contributed by atoms with Gasteiger partial charge in [-0.3, -0.25) is 4.79 Å². The van der Waals surface area contributed by atoms with Crippen LogP contribution in [0, 0.1) is 5.92 Å². The summed E-state index contributed by atoms with van der Waals surface area (Å²) in [5.74, 6) is 0.255. The second-order valence-electron chi connectivity index (χ2n) is 6.88. The summed E-state index contributed by atoms with van der Waals surface area (Å²) in [5, 5.41) is 9.49. The molecule has 1 aliphatic carbocycles. The van der Waals surface area contributed by atoms with Crippen molar-refractivity contribution in [2.75, 3.05) is 32.9 Å². The maximum atomic E-state index is 13.5. The molecule has 2 fully saturated rings. The van der Waals surface area contributed by atoms with Crippen molar-refractivity contribution in [3.8, 4) is 0 Å². The second kappa shape index (κ2) is 7.45. The molecular weight excluding hydrogens is 290 g/mol. The Morgan fingerprint density at radius 3 is 2.65 bits per heavy atom. The first-order valence-electron chi connectivity index (χ1n) is 8.80. The van der Waals surface area contributed by atoms with E-state index >= 15 is 0 Å². The molecule has 4 heteroatoms. The van der Waals surface area contributed by atoms with E-state index in [0.29, 0.717) is 26.3 Å². The Labute approximate surface area is 138 Å². The number of hydrogen-bond acceptors (Lipinski definition) is 3. The molecule has 0 radical (unpaired) electrons. The lowest BCUT2D eigenvalue weighted by atomic mass is 9.68. The fraction of sp³-hybridized carbons (Fsp3) is 0.632. The molecule has 0 bridgehead atoms. The van der Waals surface area contributed by atoms with Crippen molar-refractivity contribution < 1.29 is 14.6 Å². The minimum atomic E-state index is -0.385. The Balaban J connectivity index is 1.88. The summed E-state index contributed by atoms with van der Waals surface area (Å²) in [7, 11) is 0. The van der Waals surface area contributed by atoms with Crippen LogP contribution in [0.2, 0.25) is 0 Å². The Morgan fingerprint density at radius 2 is 1.96 bits per heavy atom. The first kappa shape index (κ1) is 16.5. The molecule has 1 saturated heterocycles. The summed E-state index contributed by atoms with van der Waals surface area (Å²) in [6, 6.07) is 10.3. The Kier molecular flexibility index (Phi) is 5.34. The van der Waals surface area contributed by atoms with E-state index in [2.05, 4.69) is 12.1 Å². The van der Waals surface area contributed by atoms with Crippen molar-refractivity contribution in [1.29, 1.82) is 0 Å². The zero-order valence-electron chi connectivity index (χ0n) is 13.7. The highest BCUT2D eigenvalue weighted by atomic mass is 16.5. The van der Waals surface area contributed by atoms with Crippen LogP contribution in [0.5, 0.6) is 0 Å². The number of carbonyl (C=O) groups is 1. The molecule has 2 aliphatic rings. The summed E-state index contributed by atoms with van der Waals surface area (Å²) >= 11 is 0. The maximum absolute atomic E-state index is 13.5. The van der Waals surface area contributed by atoms with Gasteiger partial charge in [-0.25, -0.2) is 0 Å². The van der Waals surface area contributed by atoms with Gasteiger partial charge in [0, 0.05) is 25.6 Å². The molecule has 3 rings (SSSR count). The van der Waals surface area contributed by atoms with Gasteiger partial charge >= 0.3 is 0 Å². The average Bonchev–Trinajstić information content (AvgIpc) is 2.88. The van der Waals surface area contributed by atoms with Crippen molar-refractivity contribution in [2.24, 2.45) is 5.92 Å². The fourth-order valence-electron chi connectivity index (χ4n) is 4.02. The van der Waals surface area contributed by atoms with E-state index in [1.54, 1.807) is 0 Å². The summed E-state index contributed by atoms with van der Waals surface area (Å²) in [5.41, 5.74) is 0.763. The van der Waals surface area contributed by atoms with E-state index in [-0.39, 0.29) is 23.8 Å². The maximum Gasteiger partial charge on any atom is 0.233 e. The van der Waals surface area contributed by atoms with Crippen LogP contribution in [0.4, 0.5) is 0 Å². The molecule has 1 aromatic carbocycles. The van der Waals surface area contributed by atoms with E-state index in [4.69, 9.17) is 4.74 Å². The third kappa shape index (κ3) is 3.43. The number of rotatable bonds is 3. The van der Waals surface area contributed by atoms with Crippen LogP contribution in [0.25, 0.3) is 0 Å². The van der Waals surface area contributed by atoms with Gasteiger partial charge in [0.25, 0.3) is 0 Å². The Bertz CT molecular complexity index is 511. The SMILES string of the molecule is O=C(N1CCOCC(CO)C1)C1(c2ccccc2)CCCCC1. The zero-order valence-corrected chi connectivity index (χ0v) is 13.7. The van der Waals surface area contributed by atoms with Gasteiger partial charge in [0.05, 0.1) is 18.6 Å². The van der Waals surface area contributed by atoms with E-state index in [9.17, 15) is 9.90 Å². The fourth-order valence-corrected chi connectivity index (χ4v) is 4.02. The van der Waals surface area contributed by atoms with Crippen LogP contribution in [-0.2, 0) is 14.9 Å². The molecule has 1 amide bonds. The largest absolute Gasteiger partial charge is 0.396 e. The van der Waals surface area contributed by atoms with E-state index in [1.165, 1.54) is 6.42 Å². The topological polar surface area (TPSA) is 49.8 Å². The minimum Gasteiger partial charge on any atom is -0.396 e. The predicted molar refractivity (Wildman–Crippen MR) is 89.2 cm³/mol. The van der Waals surface area contributed by atoms with E-state index in [0.717, 1.165) is 31.2 Å². The highest BCUT2D eigenvalue weighted by Crippen LogP contribution is 2.41. The van der Waals surface area contributed by atoms with E-state index in [1.807, 2.05) is 23.1 Å². The molecule has 0 aromatic heterocycles. The van der Waals surface area contributed by atoms with Gasteiger partial charge in [0.1, 0.15) is 0 Å². The number of benzene rings is 1. The summed E-state index contributed by atoms with van der Waals surface area (Å²) < 4.78 is 5.55. The lowest BCUT2D eigenvalue weighted by Gasteiger charge is -2.40. The van der Waals surface area contributed by atoms with Crippen LogP contribution in [-0.4, -0.2) is 48.8 Å². The molecule has 1 saturated carbocycles. The molecule has 23 heavy (non-hydrogen) atoms. The summed E-state index contributed by atoms with van der Waals surface area (Å²) in [6.07, 6.45) is 5.28. The number of ether oxygens (including phenoxy) is 1. The minimum absolute atomic E-state index is 0.0258. The van der Waals surface area contributed by atoms with Gasteiger partial charge in [0.2, 0.25) is 5.91 Å². The number of carbonyl (C=O) groups excluding carboxylic acids is 1. The van der Waals surface area contributed by atoms with Crippen LogP contribution >= 0.6 is 0 Å². The lowest BCUT2D eigenvalue weighted by Crippen LogP contribution is -2.50. The number of amides is 1. The smallest absolute Gasteiger partial charge is 0.233 e. The number of aliphatic hydroxyl groups is 1. The predicted octanol–water partition coefficient (Wildman–Crippen LogP) is 2.36. The third-order valence-corrected chi connectivity index (χ3v) is 5.33. The van der Waals surface area contributed by atoms with Crippen molar-refractivity contribution in [3.05, 3.63) is 35.9 Å². The molecule has 1 atom stereocenters. The van der Waals surface area contributed by atoms with Gasteiger partial charge < -0.3 is 14.7 Å². The molecule has 1 aliphatic heterocycles. The van der Waals surface area contributed by atoms with E-state index < -0.39 is 0 Å². The highest BCUT2D eigenvalue weighted by molar-refractivity contribution is 5.88. The monoisotopic (exact) mass is 317 g/mol. The van der Waals surface area contributed by atoms with Crippen LogP contribution in [0.3, 0.4) is 0 Å². The molecule has 1 aromatic rings. The quantitative estimate of drug-likeness (QED) is 0.931. The second-order valence-corrected chi connectivity index (χ2v) is 6.88. The normalized spacial score (nSPS) is 24.9. The van der Waals surface area contributed by atoms with Gasteiger partial charge in [-0.2, -0.15) is 0 Å². The van der Waals surface area contributed by atoms with Gasteiger partial charge in [0.15, 0.2) is 0 Å². The Hall–Kier alpha value is -1.39. The van der Waals surface area contributed by atoms with Crippen molar-refractivity contribution >= 4 is 5.91 Å². The van der Waals surface area contributed by atoms with Gasteiger partial charge in [-0.1, -0.05) is 49.6 Å². The molecule has 0 spiro atoms. The summed E-state index contributed by atoms with van der Waals surface area (Å²) in [4.78, 5) is 15.4. The highest BCUT2D eigenvalue weighted by Gasteiger charge is 2.43. The lowest BCUT2D eigenvalue weighted by molar-refractivity contribution is -0.139. The molecule has 1 N–H and O–H groups in total. The zero-order chi connectivity index (χ0) is 16.1. The molecule has 4 nitrogen and oxygen atoms in total. The van der Waals surface area contributed by atoms with Crippen molar-refractivity contribution in [3.63, 3.8) is 0 Å². The Morgan fingerprint density at radius 1 is 1.22 bits per heavy atom. The summed E-state index contributed by atoms with van der Waals surface area (Å²) in [6.45, 7) is 2.40. The number of hydrogen-bond donors (Lipinski definition) is 1. The van der Waals surface area contributed by atoms with Crippen LogP contribution in [0.15, 0.2) is 30.3 Å². The molecule has 126 valence electrons.